The van der Waals surface area contributed by atoms with Gasteiger partial charge in [0.25, 0.3) is 0 Å². The predicted octanol–water partition coefficient (Wildman–Crippen LogP) is 3.06. The molecule has 10 nitrogen and oxygen atoms in total. The zero-order valence-corrected chi connectivity index (χ0v) is 21.6. The van der Waals surface area contributed by atoms with E-state index in [-0.39, 0.29) is 16.5 Å². The third-order valence-electron chi connectivity index (χ3n) is 5.31. The molecule has 0 saturated heterocycles. The van der Waals surface area contributed by atoms with Crippen molar-refractivity contribution in [2.24, 2.45) is 22.0 Å². The average molecular weight is 515 g/mol. The van der Waals surface area contributed by atoms with Gasteiger partial charge in [0.2, 0.25) is 10.0 Å². The summed E-state index contributed by atoms with van der Waals surface area (Å²) in [5, 5.41) is 11.3. The topological polar surface area (TPSA) is 149 Å². The number of rotatable bonds is 3. The van der Waals surface area contributed by atoms with Crippen molar-refractivity contribution in [3.8, 4) is 0 Å². The third-order valence-corrected chi connectivity index (χ3v) is 6.58. The van der Waals surface area contributed by atoms with Crippen molar-refractivity contribution in [1.82, 2.24) is 10.6 Å². The first-order valence-corrected chi connectivity index (χ1v) is 12.8. The molecule has 3 rings (SSSR count). The van der Waals surface area contributed by atoms with Crippen LogP contribution in [0.25, 0.3) is 0 Å². The lowest BCUT2D eigenvalue weighted by Gasteiger charge is -2.34. The Hall–Kier alpha value is -2.37. The first kappa shape index (κ1) is 26.2. The van der Waals surface area contributed by atoms with Crippen LogP contribution in [-0.2, 0) is 19.5 Å². The fourth-order valence-corrected chi connectivity index (χ4v) is 5.34. The molecular weight excluding hydrogens is 484 g/mol. The van der Waals surface area contributed by atoms with E-state index in [0.717, 1.165) is 0 Å². The quantitative estimate of drug-likeness (QED) is 0.493. The number of hydrogen-bond acceptors (Lipinski definition) is 7. The minimum atomic E-state index is -4.10. The Morgan fingerprint density at radius 1 is 1.03 bits per heavy atom. The van der Waals surface area contributed by atoms with E-state index >= 15 is 0 Å². The van der Waals surface area contributed by atoms with E-state index in [1.165, 1.54) is 12.2 Å². The highest BCUT2D eigenvalue weighted by atomic mass is 35.5. The van der Waals surface area contributed by atoms with Gasteiger partial charge in [0.15, 0.2) is 0 Å². The number of sulfonamides is 1. The lowest BCUT2D eigenvalue weighted by Crippen LogP contribution is -2.43. The van der Waals surface area contributed by atoms with Gasteiger partial charge in [-0.15, -0.1) is 0 Å². The fraction of sp³-hybridized carbons (Fsp3) is 0.591. The van der Waals surface area contributed by atoms with Gasteiger partial charge < -0.3 is 20.1 Å². The summed E-state index contributed by atoms with van der Waals surface area (Å²) in [4.78, 5) is 29.2. The van der Waals surface area contributed by atoms with Crippen LogP contribution in [0.3, 0.4) is 0 Å². The number of allylic oxidation sites excluding steroid dienone is 2. The van der Waals surface area contributed by atoms with Crippen molar-refractivity contribution in [3.63, 3.8) is 0 Å². The molecule has 0 aromatic heterocycles. The number of carbonyl (C=O) groups is 2. The number of carbonyl (C=O) groups excluding carboxylic acids is 2. The van der Waals surface area contributed by atoms with Crippen molar-refractivity contribution in [2.75, 3.05) is 0 Å². The summed E-state index contributed by atoms with van der Waals surface area (Å²) in [7, 11) is -4.10. The van der Waals surface area contributed by atoms with Crippen LogP contribution in [0.4, 0.5) is 9.59 Å². The zero-order valence-electron chi connectivity index (χ0n) is 20.0. The number of amides is 2. The standard InChI is InChI=1S/C22H31ClN4O6S/c1-21(2,3)32-19(28)26-14-9-15(27-20(29)33-22(4,5)6)18-12(14)7-16(34(24,30)31)11-8-17(23)25-10-13(11)18/h7-8,10-11,13-15H,9H2,1-6H3,(H,26,28)(H,27,29)(H2,24,30,31). The second kappa shape index (κ2) is 9.01. The van der Waals surface area contributed by atoms with Gasteiger partial charge in [-0.25, -0.2) is 28.1 Å². The largest absolute Gasteiger partial charge is 0.444 e. The predicted molar refractivity (Wildman–Crippen MR) is 129 cm³/mol. The van der Waals surface area contributed by atoms with E-state index in [4.69, 9.17) is 26.2 Å². The monoisotopic (exact) mass is 514 g/mol. The SMILES string of the molecule is CC(C)(C)OC(=O)NC1CC(NC(=O)OC(C)(C)C)C2=C1C=C(S(N)(=O)=O)C1C=C(Cl)N=CC21. The number of nitrogens with two attached hydrogens (primary N) is 1. The molecule has 2 aliphatic carbocycles. The van der Waals surface area contributed by atoms with Crippen LogP contribution < -0.4 is 15.8 Å². The number of halogens is 1. The molecule has 0 bridgehead atoms. The van der Waals surface area contributed by atoms with Crippen LogP contribution in [0, 0.1) is 11.8 Å². The van der Waals surface area contributed by atoms with Crippen molar-refractivity contribution < 1.29 is 27.5 Å². The Morgan fingerprint density at radius 2 is 1.56 bits per heavy atom. The maximum absolute atomic E-state index is 12.6. The average Bonchev–Trinajstić information content (AvgIpc) is 2.93. The Balaban J connectivity index is 2.03. The number of nitrogens with zero attached hydrogens (tertiary/aromatic N) is 1. The van der Waals surface area contributed by atoms with Crippen LogP contribution in [0.5, 0.6) is 0 Å². The molecule has 34 heavy (non-hydrogen) atoms. The van der Waals surface area contributed by atoms with Crippen LogP contribution in [0.15, 0.2) is 38.4 Å². The Bertz CT molecular complexity index is 1110. The molecule has 0 aromatic carbocycles. The van der Waals surface area contributed by atoms with Crippen LogP contribution in [-0.4, -0.2) is 50.1 Å². The normalized spacial score (nSPS) is 26.7. The molecule has 0 saturated carbocycles. The van der Waals surface area contributed by atoms with E-state index in [0.29, 0.717) is 11.1 Å². The highest BCUT2D eigenvalue weighted by molar-refractivity contribution is 7.93. The smallest absolute Gasteiger partial charge is 0.408 e. The van der Waals surface area contributed by atoms with Gasteiger partial charge in [-0.3, -0.25) is 0 Å². The van der Waals surface area contributed by atoms with Crippen LogP contribution in [0.1, 0.15) is 48.0 Å². The number of aliphatic imine (C=N–C) groups is 1. The van der Waals surface area contributed by atoms with E-state index in [9.17, 15) is 18.0 Å². The first-order chi connectivity index (χ1) is 15.4. The first-order valence-electron chi connectivity index (χ1n) is 10.8. The van der Waals surface area contributed by atoms with Gasteiger partial charge in [0.1, 0.15) is 16.4 Å². The van der Waals surface area contributed by atoms with E-state index in [1.807, 2.05) is 0 Å². The van der Waals surface area contributed by atoms with Crippen molar-refractivity contribution in [1.29, 1.82) is 0 Å². The van der Waals surface area contributed by atoms with Gasteiger partial charge in [-0.05, 0) is 71.3 Å². The number of nitrogens with one attached hydrogen (secondary N) is 2. The molecular formula is C22H31ClN4O6S. The molecule has 2 amide bonds. The molecule has 0 fully saturated rings. The third kappa shape index (κ3) is 6.19. The Labute approximate surface area is 204 Å². The summed E-state index contributed by atoms with van der Waals surface area (Å²) in [5.74, 6) is -1.23. The Morgan fingerprint density at radius 3 is 2.06 bits per heavy atom. The molecule has 0 radical (unpaired) electrons. The number of alkyl carbamates (subject to hydrolysis) is 2. The molecule has 1 heterocycles. The fourth-order valence-electron chi connectivity index (χ4n) is 4.27. The molecule has 188 valence electrons. The zero-order chi connectivity index (χ0) is 25.6. The number of hydrogen-bond donors (Lipinski definition) is 3. The maximum atomic E-state index is 12.6. The minimum Gasteiger partial charge on any atom is -0.444 e. The lowest BCUT2D eigenvalue weighted by atomic mass is 9.78. The summed E-state index contributed by atoms with van der Waals surface area (Å²) in [6, 6.07) is -1.20. The highest BCUT2D eigenvalue weighted by Crippen LogP contribution is 2.46. The van der Waals surface area contributed by atoms with Crippen molar-refractivity contribution in [2.45, 2.75) is 71.2 Å². The molecule has 1 aliphatic heterocycles. The number of fused-ring (bicyclic) bond motifs is 2. The van der Waals surface area contributed by atoms with E-state index in [1.54, 1.807) is 47.8 Å². The summed E-state index contributed by atoms with van der Waals surface area (Å²) < 4.78 is 35.7. The molecule has 4 N–H and O–H groups in total. The molecule has 0 aromatic rings. The van der Waals surface area contributed by atoms with Gasteiger partial charge in [0.05, 0.1) is 17.0 Å². The maximum Gasteiger partial charge on any atom is 0.408 e. The summed E-state index contributed by atoms with van der Waals surface area (Å²) in [6.45, 7) is 10.4. The van der Waals surface area contributed by atoms with Gasteiger partial charge in [-0.2, -0.15) is 0 Å². The molecule has 12 heteroatoms. The van der Waals surface area contributed by atoms with Crippen molar-refractivity contribution in [3.05, 3.63) is 33.4 Å². The lowest BCUT2D eigenvalue weighted by molar-refractivity contribution is 0.0504. The summed E-state index contributed by atoms with van der Waals surface area (Å²) in [6.07, 6.45) is 3.46. The van der Waals surface area contributed by atoms with E-state index < -0.39 is 57.3 Å². The minimum absolute atomic E-state index is 0.0468. The molecule has 0 spiro atoms. The van der Waals surface area contributed by atoms with Crippen LogP contribution in [0.2, 0.25) is 0 Å². The summed E-state index contributed by atoms with van der Waals surface area (Å²) in [5.41, 5.74) is -0.222. The van der Waals surface area contributed by atoms with Crippen LogP contribution >= 0.6 is 11.6 Å². The second-order valence-corrected chi connectivity index (χ2v) is 12.4. The number of ether oxygens (including phenoxy) is 2. The molecule has 4 unspecified atom stereocenters. The van der Waals surface area contributed by atoms with Crippen molar-refractivity contribution >= 4 is 40.0 Å². The Kier molecular flexibility index (Phi) is 6.95. The molecule has 4 atom stereocenters. The van der Waals surface area contributed by atoms with Gasteiger partial charge in [-0.1, -0.05) is 11.6 Å². The van der Waals surface area contributed by atoms with Gasteiger partial charge in [0, 0.05) is 18.1 Å². The van der Waals surface area contributed by atoms with E-state index in [2.05, 4.69) is 15.6 Å². The second-order valence-electron chi connectivity index (χ2n) is 10.5. The highest BCUT2D eigenvalue weighted by Gasteiger charge is 2.46. The molecule has 3 aliphatic rings. The summed E-state index contributed by atoms with van der Waals surface area (Å²) >= 11 is 6.07. The van der Waals surface area contributed by atoms with Gasteiger partial charge >= 0.3 is 12.2 Å². The number of primary sulfonamides is 1.